The van der Waals surface area contributed by atoms with Gasteiger partial charge in [-0.15, -0.1) is 0 Å². The van der Waals surface area contributed by atoms with E-state index in [2.05, 4.69) is 4.98 Å². The third kappa shape index (κ3) is 5.31. The standard InChI is InChI=1S/C18H16N2O2.2C2H6/c1-13-11-20(12-19-13)17(18(21)22)16-9-7-15(8-10-16)14-5-3-2-4-6-14;2*1-2/h2-12,17H,1H3,(H,21,22);2*1-2H3. The highest BCUT2D eigenvalue weighted by atomic mass is 16.4. The van der Waals surface area contributed by atoms with Crippen LogP contribution >= 0.6 is 0 Å². The van der Waals surface area contributed by atoms with E-state index in [-0.39, 0.29) is 0 Å². The van der Waals surface area contributed by atoms with Crippen molar-refractivity contribution in [1.82, 2.24) is 9.55 Å². The van der Waals surface area contributed by atoms with Crippen LogP contribution in [0.5, 0.6) is 0 Å². The quantitative estimate of drug-likeness (QED) is 0.666. The number of rotatable bonds is 4. The number of carboxylic acids is 1. The van der Waals surface area contributed by atoms with Crippen molar-refractivity contribution >= 4 is 5.97 Å². The molecule has 3 aromatic rings. The van der Waals surface area contributed by atoms with Gasteiger partial charge in [0.05, 0.1) is 12.0 Å². The molecule has 138 valence electrons. The average Bonchev–Trinajstić information content (AvgIpc) is 3.12. The minimum atomic E-state index is -0.898. The Bertz CT molecular complexity index is 777. The molecule has 0 aliphatic heterocycles. The van der Waals surface area contributed by atoms with Crippen LogP contribution in [0.2, 0.25) is 0 Å². The van der Waals surface area contributed by atoms with Crippen LogP contribution in [0.25, 0.3) is 11.1 Å². The summed E-state index contributed by atoms with van der Waals surface area (Å²) in [5.74, 6) is -0.898. The molecule has 26 heavy (non-hydrogen) atoms. The molecule has 0 saturated heterocycles. The highest BCUT2D eigenvalue weighted by Crippen LogP contribution is 2.24. The zero-order chi connectivity index (χ0) is 19.5. The second kappa shape index (κ2) is 10.9. The molecule has 2 aromatic carbocycles. The molecule has 1 aromatic heterocycles. The van der Waals surface area contributed by atoms with Crippen molar-refractivity contribution in [2.75, 3.05) is 0 Å². The highest BCUT2D eigenvalue weighted by molar-refractivity contribution is 5.76. The van der Waals surface area contributed by atoms with Gasteiger partial charge in [-0.3, -0.25) is 0 Å². The Morgan fingerprint density at radius 2 is 1.46 bits per heavy atom. The Kier molecular flexibility index (Phi) is 8.85. The normalized spacial score (nSPS) is 10.7. The average molecular weight is 352 g/mol. The number of hydrogen-bond acceptors (Lipinski definition) is 2. The topological polar surface area (TPSA) is 55.1 Å². The van der Waals surface area contributed by atoms with E-state index in [0.717, 1.165) is 22.4 Å². The van der Waals surface area contributed by atoms with Gasteiger partial charge in [-0.1, -0.05) is 82.3 Å². The number of hydrogen-bond donors (Lipinski definition) is 1. The molecule has 0 aliphatic rings. The van der Waals surface area contributed by atoms with Gasteiger partial charge >= 0.3 is 5.97 Å². The number of nitrogens with zero attached hydrogens (tertiary/aromatic N) is 2. The smallest absolute Gasteiger partial charge is 0.331 e. The summed E-state index contributed by atoms with van der Waals surface area (Å²) in [5, 5.41) is 9.53. The van der Waals surface area contributed by atoms with E-state index in [1.807, 2.05) is 89.2 Å². The van der Waals surface area contributed by atoms with Gasteiger partial charge in [0.25, 0.3) is 0 Å². The molecular formula is C22H28N2O2. The molecule has 3 rings (SSSR count). The first-order chi connectivity index (χ1) is 12.6. The van der Waals surface area contributed by atoms with E-state index in [4.69, 9.17) is 0 Å². The van der Waals surface area contributed by atoms with Gasteiger partial charge in [0.1, 0.15) is 0 Å². The minimum Gasteiger partial charge on any atom is -0.479 e. The zero-order valence-corrected chi connectivity index (χ0v) is 16.2. The Hall–Kier alpha value is -2.88. The van der Waals surface area contributed by atoms with Crippen LogP contribution < -0.4 is 0 Å². The lowest BCUT2D eigenvalue weighted by molar-refractivity contribution is -0.139. The van der Waals surface area contributed by atoms with Gasteiger partial charge in [-0.25, -0.2) is 9.78 Å². The van der Waals surface area contributed by atoms with Crippen molar-refractivity contribution in [3.8, 4) is 11.1 Å². The molecule has 1 atom stereocenters. The molecule has 1 heterocycles. The van der Waals surface area contributed by atoms with Gasteiger partial charge in [0.2, 0.25) is 0 Å². The molecule has 0 saturated carbocycles. The predicted octanol–water partition coefficient (Wildman–Crippen LogP) is 5.58. The lowest BCUT2D eigenvalue weighted by Gasteiger charge is -2.14. The van der Waals surface area contributed by atoms with Crippen LogP contribution in [-0.4, -0.2) is 20.6 Å². The second-order valence-corrected chi connectivity index (χ2v) is 5.19. The maximum atomic E-state index is 11.6. The van der Waals surface area contributed by atoms with Crippen LogP contribution in [0.4, 0.5) is 0 Å². The van der Waals surface area contributed by atoms with Gasteiger partial charge in [-0.2, -0.15) is 0 Å². The largest absolute Gasteiger partial charge is 0.479 e. The van der Waals surface area contributed by atoms with Crippen LogP contribution in [0.1, 0.15) is 45.0 Å². The lowest BCUT2D eigenvalue weighted by Crippen LogP contribution is -2.19. The fourth-order valence-corrected chi connectivity index (χ4v) is 2.51. The number of aliphatic carboxylic acids is 1. The molecular weight excluding hydrogens is 324 g/mol. The van der Waals surface area contributed by atoms with Crippen molar-refractivity contribution in [2.24, 2.45) is 0 Å². The van der Waals surface area contributed by atoms with Crippen molar-refractivity contribution < 1.29 is 9.90 Å². The Morgan fingerprint density at radius 3 is 1.92 bits per heavy atom. The predicted molar refractivity (Wildman–Crippen MR) is 107 cm³/mol. The molecule has 0 fully saturated rings. The SMILES string of the molecule is CC.CC.Cc1cn(C(C(=O)O)c2ccc(-c3ccccc3)cc2)cn1. The van der Waals surface area contributed by atoms with Crippen LogP contribution in [0.15, 0.2) is 67.1 Å². The number of aromatic nitrogens is 2. The first kappa shape index (κ1) is 21.2. The summed E-state index contributed by atoms with van der Waals surface area (Å²) in [5.41, 5.74) is 3.70. The lowest BCUT2D eigenvalue weighted by atomic mass is 10.0. The van der Waals surface area contributed by atoms with Crippen LogP contribution in [0, 0.1) is 6.92 Å². The van der Waals surface area contributed by atoms with E-state index in [1.165, 1.54) is 0 Å². The Morgan fingerprint density at radius 1 is 0.923 bits per heavy atom. The van der Waals surface area contributed by atoms with Crippen molar-refractivity contribution in [1.29, 1.82) is 0 Å². The molecule has 0 aliphatic carbocycles. The molecule has 1 N–H and O–H groups in total. The van der Waals surface area contributed by atoms with E-state index in [9.17, 15) is 9.90 Å². The third-order valence-corrected chi connectivity index (χ3v) is 3.60. The Balaban J connectivity index is 0.000000791. The van der Waals surface area contributed by atoms with E-state index in [1.54, 1.807) is 17.1 Å². The number of carbonyl (C=O) groups is 1. The van der Waals surface area contributed by atoms with E-state index >= 15 is 0 Å². The summed E-state index contributed by atoms with van der Waals surface area (Å²) < 4.78 is 1.62. The van der Waals surface area contributed by atoms with Gasteiger partial charge < -0.3 is 9.67 Å². The second-order valence-electron chi connectivity index (χ2n) is 5.19. The summed E-state index contributed by atoms with van der Waals surface area (Å²) in [6, 6.07) is 16.9. The van der Waals surface area contributed by atoms with Crippen molar-refractivity contribution in [2.45, 2.75) is 40.7 Å². The number of aryl methyl sites for hydroxylation is 1. The third-order valence-electron chi connectivity index (χ3n) is 3.60. The summed E-state index contributed by atoms with van der Waals surface area (Å²) in [4.78, 5) is 15.7. The minimum absolute atomic E-state index is 0.726. The summed E-state index contributed by atoms with van der Waals surface area (Å²) in [7, 11) is 0. The fraction of sp³-hybridized carbons (Fsp3) is 0.273. The van der Waals surface area contributed by atoms with Crippen LogP contribution in [-0.2, 0) is 4.79 Å². The first-order valence-corrected chi connectivity index (χ1v) is 9.03. The Labute approximate surface area is 156 Å². The molecule has 4 nitrogen and oxygen atoms in total. The number of benzene rings is 2. The van der Waals surface area contributed by atoms with E-state index < -0.39 is 12.0 Å². The maximum Gasteiger partial charge on any atom is 0.331 e. The summed E-state index contributed by atoms with van der Waals surface area (Å²) >= 11 is 0. The monoisotopic (exact) mass is 352 g/mol. The molecule has 1 unspecified atom stereocenters. The maximum absolute atomic E-state index is 11.6. The molecule has 4 heteroatoms. The highest BCUT2D eigenvalue weighted by Gasteiger charge is 2.21. The number of carboxylic acid groups (broad SMARTS) is 1. The number of imidazole rings is 1. The summed E-state index contributed by atoms with van der Waals surface area (Å²) in [6.07, 6.45) is 3.29. The first-order valence-electron chi connectivity index (χ1n) is 9.03. The summed E-state index contributed by atoms with van der Waals surface area (Å²) in [6.45, 7) is 9.84. The van der Waals surface area contributed by atoms with Gasteiger partial charge in [0, 0.05) is 6.20 Å². The van der Waals surface area contributed by atoms with E-state index in [0.29, 0.717) is 0 Å². The van der Waals surface area contributed by atoms with Gasteiger partial charge in [0.15, 0.2) is 6.04 Å². The van der Waals surface area contributed by atoms with Gasteiger partial charge in [-0.05, 0) is 23.6 Å². The molecule has 0 amide bonds. The molecule has 0 bridgehead atoms. The van der Waals surface area contributed by atoms with Crippen molar-refractivity contribution in [3.05, 3.63) is 78.4 Å². The fourth-order valence-electron chi connectivity index (χ4n) is 2.51. The molecule has 0 spiro atoms. The van der Waals surface area contributed by atoms with Crippen LogP contribution in [0.3, 0.4) is 0 Å². The zero-order valence-electron chi connectivity index (χ0n) is 16.2. The van der Waals surface area contributed by atoms with Crippen molar-refractivity contribution in [3.63, 3.8) is 0 Å². The molecule has 0 radical (unpaired) electrons.